The average molecular weight is 231 g/mol. The van der Waals surface area contributed by atoms with Gasteiger partial charge in [0.05, 0.1) is 0 Å². The molecule has 0 bridgehead atoms. The lowest BCUT2D eigenvalue weighted by atomic mass is 10.1. The number of hydrogen-bond donors (Lipinski definition) is 1. The molecule has 3 nitrogen and oxygen atoms in total. The van der Waals surface area contributed by atoms with Gasteiger partial charge in [0.15, 0.2) is 0 Å². The zero-order valence-corrected chi connectivity index (χ0v) is 9.60. The van der Waals surface area contributed by atoms with Crippen LogP contribution in [-0.4, -0.2) is 16.0 Å². The number of hydrogen-bond acceptors (Lipinski definition) is 3. The topological polar surface area (TPSA) is 37.8 Å². The zero-order valence-electron chi connectivity index (χ0n) is 9.60. The number of nitrogens with one attached hydrogen (secondary N) is 1. The van der Waals surface area contributed by atoms with Gasteiger partial charge in [0.25, 0.3) is 0 Å². The van der Waals surface area contributed by atoms with E-state index in [0.717, 1.165) is 17.8 Å². The van der Waals surface area contributed by atoms with Gasteiger partial charge in [0, 0.05) is 12.2 Å². The Morgan fingerprint density at radius 1 is 1.24 bits per heavy atom. The van der Waals surface area contributed by atoms with Gasteiger partial charge in [-0.25, -0.2) is 14.4 Å². The van der Waals surface area contributed by atoms with Gasteiger partial charge in [-0.2, -0.15) is 0 Å². The Hall–Kier alpha value is -1.97. The second-order valence-electron chi connectivity index (χ2n) is 3.97. The van der Waals surface area contributed by atoms with Gasteiger partial charge in [0.2, 0.25) is 0 Å². The van der Waals surface area contributed by atoms with Crippen molar-refractivity contribution in [3.63, 3.8) is 0 Å². The van der Waals surface area contributed by atoms with E-state index in [1.807, 2.05) is 6.07 Å². The Morgan fingerprint density at radius 3 is 2.65 bits per heavy atom. The molecule has 0 spiro atoms. The lowest BCUT2D eigenvalue weighted by Gasteiger charge is -2.14. The van der Waals surface area contributed by atoms with Gasteiger partial charge in [-0.15, -0.1) is 0 Å². The molecule has 4 heteroatoms. The third-order valence-electron chi connectivity index (χ3n) is 2.43. The van der Waals surface area contributed by atoms with Crippen LogP contribution < -0.4 is 5.32 Å². The molecule has 0 aliphatic heterocycles. The second-order valence-corrected chi connectivity index (χ2v) is 3.97. The van der Waals surface area contributed by atoms with Crippen molar-refractivity contribution >= 4 is 5.82 Å². The number of rotatable bonds is 4. The predicted molar refractivity (Wildman–Crippen MR) is 65.2 cm³/mol. The molecule has 1 N–H and O–H groups in total. The van der Waals surface area contributed by atoms with Crippen LogP contribution in [0.2, 0.25) is 0 Å². The Balaban J connectivity index is 1.93. The number of nitrogens with zero attached hydrogens (tertiary/aromatic N) is 2. The van der Waals surface area contributed by atoms with Crippen LogP contribution in [0.15, 0.2) is 42.9 Å². The molecule has 1 aromatic carbocycles. The van der Waals surface area contributed by atoms with Crippen molar-refractivity contribution in [2.75, 3.05) is 5.32 Å². The number of halogens is 1. The minimum atomic E-state index is -0.204. The molecule has 0 fully saturated rings. The minimum absolute atomic E-state index is 0.204. The fourth-order valence-electron chi connectivity index (χ4n) is 1.65. The Labute approximate surface area is 99.7 Å². The summed E-state index contributed by atoms with van der Waals surface area (Å²) in [4.78, 5) is 7.95. The number of aromatic nitrogens is 2. The maximum atomic E-state index is 12.7. The van der Waals surface area contributed by atoms with Crippen LogP contribution in [0.3, 0.4) is 0 Å². The summed E-state index contributed by atoms with van der Waals surface area (Å²) >= 11 is 0. The molecule has 1 unspecified atom stereocenters. The molecule has 1 aromatic heterocycles. The second kappa shape index (κ2) is 5.39. The summed E-state index contributed by atoms with van der Waals surface area (Å²) in [5.74, 6) is 0.597. The highest BCUT2D eigenvalue weighted by Crippen LogP contribution is 2.09. The van der Waals surface area contributed by atoms with Crippen molar-refractivity contribution in [1.29, 1.82) is 0 Å². The van der Waals surface area contributed by atoms with Gasteiger partial charge in [0.1, 0.15) is 18.0 Å². The highest BCUT2D eigenvalue weighted by atomic mass is 19.1. The summed E-state index contributed by atoms with van der Waals surface area (Å²) < 4.78 is 12.7. The van der Waals surface area contributed by atoms with E-state index in [9.17, 15) is 4.39 Å². The highest BCUT2D eigenvalue weighted by Gasteiger charge is 2.04. The lowest BCUT2D eigenvalue weighted by molar-refractivity contribution is 0.626. The first kappa shape index (κ1) is 11.5. The van der Waals surface area contributed by atoms with Crippen LogP contribution >= 0.6 is 0 Å². The van der Waals surface area contributed by atoms with Crippen molar-refractivity contribution in [2.24, 2.45) is 0 Å². The van der Waals surface area contributed by atoms with Crippen molar-refractivity contribution in [3.8, 4) is 0 Å². The summed E-state index contributed by atoms with van der Waals surface area (Å²) in [6.45, 7) is 2.06. The quantitative estimate of drug-likeness (QED) is 0.879. The molecule has 2 aromatic rings. The molecule has 2 rings (SSSR count). The summed E-state index contributed by atoms with van der Waals surface area (Å²) in [5.41, 5.74) is 1.10. The summed E-state index contributed by atoms with van der Waals surface area (Å²) in [6, 6.07) is 8.61. The summed E-state index contributed by atoms with van der Waals surface area (Å²) in [5, 5.41) is 3.26. The van der Waals surface area contributed by atoms with Gasteiger partial charge in [-0.1, -0.05) is 12.1 Å². The third-order valence-corrected chi connectivity index (χ3v) is 2.43. The van der Waals surface area contributed by atoms with E-state index < -0.39 is 0 Å². The first-order chi connectivity index (χ1) is 8.24. The zero-order chi connectivity index (χ0) is 12.1. The predicted octanol–water partition coefficient (Wildman–Crippen LogP) is 2.66. The van der Waals surface area contributed by atoms with E-state index >= 15 is 0 Å². The standard InChI is InChI=1S/C13H14FN3/c1-10(17-13-6-7-15-9-16-13)8-11-2-4-12(14)5-3-11/h2-7,9-10H,8H2,1H3,(H,15,16,17). The van der Waals surface area contributed by atoms with E-state index in [-0.39, 0.29) is 11.9 Å². The summed E-state index contributed by atoms with van der Waals surface area (Å²) in [6.07, 6.45) is 4.02. The maximum absolute atomic E-state index is 12.7. The molecule has 0 saturated carbocycles. The first-order valence-corrected chi connectivity index (χ1v) is 5.51. The van der Waals surface area contributed by atoms with Crippen molar-refractivity contribution in [3.05, 3.63) is 54.2 Å². The van der Waals surface area contributed by atoms with Gasteiger partial charge >= 0.3 is 0 Å². The van der Waals surface area contributed by atoms with Crippen LogP contribution in [0.4, 0.5) is 10.2 Å². The lowest BCUT2D eigenvalue weighted by Crippen LogP contribution is -2.18. The Morgan fingerprint density at radius 2 is 2.00 bits per heavy atom. The Kier molecular flexibility index (Phi) is 3.65. The van der Waals surface area contributed by atoms with Crippen LogP contribution in [0.1, 0.15) is 12.5 Å². The normalized spacial score (nSPS) is 12.1. The molecular formula is C13H14FN3. The van der Waals surface area contributed by atoms with E-state index in [0.29, 0.717) is 0 Å². The first-order valence-electron chi connectivity index (χ1n) is 5.51. The average Bonchev–Trinajstić information content (AvgIpc) is 2.33. The molecule has 0 aliphatic carbocycles. The molecule has 1 atom stereocenters. The molecule has 0 saturated heterocycles. The van der Waals surface area contributed by atoms with E-state index in [4.69, 9.17) is 0 Å². The minimum Gasteiger partial charge on any atom is -0.367 e. The fraction of sp³-hybridized carbons (Fsp3) is 0.231. The fourth-order valence-corrected chi connectivity index (χ4v) is 1.65. The van der Waals surface area contributed by atoms with Crippen LogP contribution in [0.25, 0.3) is 0 Å². The largest absolute Gasteiger partial charge is 0.367 e. The van der Waals surface area contributed by atoms with Crippen molar-refractivity contribution in [1.82, 2.24) is 9.97 Å². The van der Waals surface area contributed by atoms with Gasteiger partial charge in [-0.05, 0) is 37.1 Å². The van der Waals surface area contributed by atoms with E-state index in [1.165, 1.54) is 18.5 Å². The Bertz CT molecular complexity index is 456. The van der Waals surface area contributed by atoms with E-state index in [2.05, 4.69) is 22.2 Å². The van der Waals surface area contributed by atoms with E-state index in [1.54, 1.807) is 18.3 Å². The van der Waals surface area contributed by atoms with Crippen LogP contribution in [0.5, 0.6) is 0 Å². The summed E-state index contributed by atoms with van der Waals surface area (Å²) in [7, 11) is 0. The SMILES string of the molecule is CC(Cc1ccc(F)cc1)Nc1ccncn1. The molecule has 0 amide bonds. The number of benzene rings is 1. The molecular weight excluding hydrogens is 217 g/mol. The van der Waals surface area contributed by atoms with Crippen molar-refractivity contribution in [2.45, 2.75) is 19.4 Å². The van der Waals surface area contributed by atoms with Gasteiger partial charge < -0.3 is 5.32 Å². The van der Waals surface area contributed by atoms with Crippen LogP contribution in [0, 0.1) is 5.82 Å². The monoisotopic (exact) mass is 231 g/mol. The molecule has 17 heavy (non-hydrogen) atoms. The third kappa shape index (κ3) is 3.52. The molecule has 1 heterocycles. The highest BCUT2D eigenvalue weighted by molar-refractivity contribution is 5.33. The molecule has 88 valence electrons. The van der Waals surface area contributed by atoms with Crippen molar-refractivity contribution < 1.29 is 4.39 Å². The molecule has 0 aliphatic rings. The smallest absolute Gasteiger partial charge is 0.129 e. The van der Waals surface area contributed by atoms with Gasteiger partial charge in [-0.3, -0.25) is 0 Å². The maximum Gasteiger partial charge on any atom is 0.129 e. The van der Waals surface area contributed by atoms with Crippen LogP contribution in [-0.2, 0) is 6.42 Å². The number of anilines is 1. The molecule has 0 radical (unpaired) electrons.